The normalized spacial score (nSPS) is 13.1. The van der Waals surface area contributed by atoms with Crippen molar-refractivity contribution < 1.29 is 4.79 Å². The van der Waals surface area contributed by atoms with Gasteiger partial charge in [-0.15, -0.1) is 11.8 Å². The molecular weight excluding hydrogens is 256 g/mol. The quantitative estimate of drug-likeness (QED) is 0.787. The molecule has 1 amide bonds. The minimum Gasteiger partial charge on any atom is -0.359 e. The number of amides is 1. The zero-order valence-electron chi connectivity index (χ0n) is 12.4. The highest BCUT2D eigenvalue weighted by Gasteiger charge is 2.26. The Labute approximate surface area is 120 Å². The smallest absolute Gasteiger partial charge is 0.226 e. The van der Waals surface area contributed by atoms with Gasteiger partial charge in [0.1, 0.15) is 0 Å². The van der Waals surface area contributed by atoms with E-state index in [2.05, 4.69) is 48.1 Å². The van der Waals surface area contributed by atoms with Crippen molar-refractivity contribution >= 4 is 17.7 Å². The van der Waals surface area contributed by atoms with Gasteiger partial charge in [-0.3, -0.25) is 4.79 Å². The third kappa shape index (κ3) is 4.55. The third-order valence-electron chi connectivity index (χ3n) is 3.31. The number of hydrogen-bond acceptors (Lipinski definition) is 3. The minimum atomic E-state index is -0.401. The lowest BCUT2D eigenvalue weighted by molar-refractivity contribution is -0.128. The molecule has 1 rings (SSSR count). The van der Waals surface area contributed by atoms with Crippen molar-refractivity contribution in [2.45, 2.75) is 31.7 Å². The second-order valence-electron chi connectivity index (χ2n) is 5.34. The van der Waals surface area contributed by atoms with Crippen LogP contribution >= 0.6 is 11.8 Å². The van der Waals surface area contributed by atoms with Gasteiger partial charge in [0.15, 0.2) is 0 Å². The molecule has 1 aromatic carbocycles. The lowest BCUT2D eigenvalue weighted by Gasteiger charge is -2.25. The van der Waals surface area contributed by atoms with E-state index in [1.54, 1.807) is 18.8 Å². The maximum Gasteiger partial charge on any atom is 0.226 e. The number of rotatable bonds is 6. The van der Waals surface area contributed by atoms with Crippen molar-refractivity contribution in [2.24, 2.45) is 5.41 Å². The molecule has 1 aromatic rings. The first-order valence-corrected chi connectivity index (χ1v) is 7.72. The number of thioether (sulfide) groups is 1. The van der Waals surface area contributed by atoms with Gasteiger partial charge in [-0.05, 0) is 44.7 Å². The van der Waals surface area contributed by atoms with Crippen LogP contribution in [0.2, 0.25) is 0 Å². The molecule has 0 aliphatic heterocycles. The van der Waals surface area contributed by atoms with Crippen molar-refractivity contribution in [3.63, 3.8) is 0 Å². The first-order valence-electron chi connectivity index (χ1n) is 6.50. The van der Waals surface area contributed by atoms with Gasteiger partial charge in [0.05, 0.1) is 5.41 Å². The van der Waals surface area contributed by atoms with Gasteiger partial charge in [-0.1, -0.05) is 12.1 Å². The molecule has 0 aliphatic carbocycles. The Bertz CT molecular complexity index is 415. The standard InChI is InChI=1S/C15H24N2OS/c1-11(12-6-8-13(19-5)9-7-12)17-10-15(2,3)14(18)16-4/h6-9,11,17H,10H2,1-5H3,(H,16,18). The SMILES string of the molecule is CNC(=O)C(C)(C)CNC(C)c1ccc(SC)cc1. The third-order valence-corrected chi connectivity index (χ3v) is 4.05. The van der Waals surface area contributed by atoms with Crippen molar-refractivity contribution in [1.29, 1.82) is 0 Å². The highest BCUT2D eigenvalue weighted by atomic mass is 32.2. The summed E-state index contributed by atoms with van der Waals surface area (Å²) in [4.78, 5) is 13.0. The maximum absolute atomic E-state index is 11.7. The van der Waals surface area contributed by atoms with E-state index in [0.717, 1.165) is 0 Å². The highest BCUT2D eigenvalue weighted by molar-refractivity contribution is 7.98. The summed E-state index contributed by atoms with van der Waals surface area (Å²) < 4.78 is 0. The van der Waals surface area contributed by atoms with Gasteiger partial charge in [-0.2, -0.15) is 0 Å². The maximum atomic E-state index is 11.7. The summed E-state index contributed by atoms with van der Waals surface area (Å²) in [5, 5.41) is 6.13. The van der Waals surface area contributed by atoms with Crippen molar-refractivity contribution in [1.82, 2.24) is 10.6 Å². The van der Waals surface area contributed by atoms with Crippen LogP contribution in [0.15, 0.2) is 29.2 Å². The molecule has 0 bridgehead atoms. The topological polar surface area (TPSA) is 41.1 Å². The summed E-state index contributed by atoms with van der Waals surface area (Å²) in [6, 6.07) is 8.76. The summed E-state index contributed by atoms with van der Waals surface area (Å²) >= 11 is 1.74. The van der Waals surface area contributed by atoms with Gasteiger partial charge >= 0.3 is 0 Å². The van der Waals surface area contributed by atoms with Crippen LogP contribution in [-0.4, -0.2) is 25.8 Å². The van der Waals surface area contributed by atoms with Crippen LogP contribution in [0, 0.1) is 5.41 Å². The zero-order chi connectivity index (χ0) is 14.5. The Hall–Kier alpha value is -1.00. The van der Waals surface area contributed by atoms with Crippen LogP contribution in [0.5, 0.6) is 0 Å². The summed E-state index contributed by atoms with van der Waals surface area (Å²) in [6.45, 7) is 6.66. The van der Waals surface area contributed by atoms with E-state index in [1.807, 2.05) is 13.8 Å². The molecule has 1 unspecified atom stereocenters. The predicted molar refractivity (Wildman–Crippen MR) is 82.5 cm³/mol. The van der Waals surface area contributed by atoms with Crippen molar-refractivity contribution in [3.8, 4) is 0 Å². The fourth-order valence-corrected chi connectivity index (χ4v) is 2.25. The largest absolute Gasteiger partial charge is 0.359 e. The number of hydrogen-bond donors (Lipinski definition) is 2. The van der Waals surface area contributed by atoms with Gasteiger partial charge in [0.25, 0.3) is 0 Å². The molecule has 19 heavy (non-hydrogen) atoms. The fourth-order valence-electron chi connectivity index (χ4n) is 1.84. The molecule has 106 valence electrons. The number of benzene rings is 1. The highest BCUT2D eigenvalue weighted by Crippen LogP contribution is 2.20. The van der Waals surface area contributed by atoms with Crippen LogP contribution in [0.4, 0.5) is 0 Å². The van der Waals surface area contributed by atoms with Crippen LogP contribution in [-0.2, 0) is 4.79 Å². The van der Waals surface area contributed by atoms with Crippen LogP contribution in [0.3, 0.4) is 0 Å². The van der Waals surface area contributed by atoms with E-state index >= 15 is 0 Å². The fraction of sp³-hybridized carbons (Fsp3) is 0.533. The molecular formula is C15H24N2OS. The molecule has 1 atom stereocenters. The van der Waals surface area contributed by atoms with E-state index in [4.69, 9.17) is 0 Å². The number of carbonyl (C=O) groups excluding carboxylic acids is 1. The predicted octanol–water partition coefficient (Wildman–Crippen LogP) is 2.83. The molecule has 0 saturated carbocycles. The monoisotopic (exact) mass is 280 g/mol. The lowest BCUT2D eigenvalue weighted by atomic mass is 9.91. The van der Waals surface area contributed by atoms with E-state index in [0.29, 0.717) is 6.54 Å². The molecule has 0 fully saturated rings. The Kier molecular flexibility index (Phi) is 5.88. The van der Waals surface area contributed by atoms with E-state index < -0.39 is 5.41 Å². The van der Waals surface area contributed by atoms with Crippen LogP contribution in [0.25, 0.3) is 0 Å². The van der Waals surface area contributed by atoms with Gasteiger partial charge in [-0.25, -0.2) is 0 Å². The zero-order valence-corrected chi connectivity index (χ0v) is 13.2. The van der Waals surface area contributed by atoms with Crippen molar-refractivity contribution in [3.05, 3.63) is 29.8 Å². The second-order valence-corrected chi connectivity index (χ2v) is 6.22. The Balaban J connectivity index is 2.59. The number of nitrogens with one attached hydrogen (secondary N) is 2. The van der Waals surface area contributed by atoms with E-state index in [9.17, 15) is 4.79 Å². The van der Waals surface area contributed by atoms with E-state index in [1.165, 1.54) is 10.5 Å². The molecule has 0 heterocycles. The Morgan fingerprint density at radius 3 is 2.37 bits per heavy atom. The molecule has 2 N–H and O–H groups in total. The molecule has 0 saturated heterocycles. The van der Waals surface area contributed by atoms with Crippen molar-refractivity contribution in [2.75, 3.05) is 19.8 Å². The number of carbonyl (C=O) groups is 1. The summed E-state index contributed by atoms with van der Waals surface area (Å²) in [5.41, 5.74) is 0.841. The second kappa shape index (κ2) is 6.96. The first-order chi connectivity index (χ1) is 8.90. The van der Waals surface area contributed by atoms with Gasteiger partial charge < -0.3 is 10.6 Å². The summed E-state index contributed by atoms with van der Waals surface area (Å²) in [7, 11) is 1.68. The molecule has 0 spiro atoms. The first kappa shape index (κ1) is 16.1. The van der Waals surface area contributed by atoms with E-state index in [-0.39, 0.29) is 11.9 Å². The molecule has 3 nitrogen and oxygen atoms in total. The summed E-state index contributed by atoms with van der Waals surface area (Å²) in [5.74, 6) is 0.0601. The van der Waals surface area contributed by atoms with Crippen LogP contribution < -0.4 is 10.6 Å². The Morgan fingerprint density at radius 2 is 1.89 bits per heavy atom. The summed E-state index contributed by atoms with van der Waals surface area (Å²) in [6.07, 6.45) is 2.07. The molecule has 0 aliphatic rings. The molecule has 0 aromatic heterocycles. The molecule has 4 heteroatoms. The van der Waals surface area contributed by atoms with Gasteiger partial charge in [0.2, 0.25) is 5.91 Å². The molecule has 0 radical (unpaired) electrons. The Morgan fingerprint density at radius 1 is 1.32 bits per heavy atom. The van der Waals surface area contributed by atoms with Gasteiger partial charge in [0, 0.05) is 24.5 Å². The average Bonchev–Trinajstić information content (AvgIpc) is 2.43. The average molecular weight is 280 g/mol. The van der Waals surface area contributed by atoms with Crippen LogP contribution in [0.1, 0.15) is 32.4 Å². The minimum absolute atomic E-state index is 0.0601. The lowest BCUT2D eigenvalue weighted by Crippen LogP contribution is -2.42.